The third-order valence-corrected chi connectivity index (χ3v) is 4.72. The molecule has 4 nitrogen and oxygen atoms in total. The van der Waals surface area contributed by atoms with E-state index in [4.69, 9.17) is 4.74 Å². The molecule has 2 unspecified atom stereocenters. The van der Waals surface area contributed by atoms with Crippen LogP contribution in [0.4, 0.5) is 13.2 Å². The van der Waals surface area contributed by atoms with Gasteiger partial charge in [-0.15, -0.1) is 0 Å². The molecule has 0 radical (unpaired) electrons. The Labute approximate surface area is 151 Å². The van der Waals surface area contributed by atoms with Crippen LogP contribution < -0.4 is 0 Å². The number of halogens is 3. The second-order valence-corrected chi connectivity index (χ2v) is 6.35. The van der Waals surface area contributed by atoms with E-state index in [0.717, 1.165) is 12.3 Å². The van der Waals surface area contributed by atoms with E-state index in [1.165, 1.54) is 30.3 Å². The summed E-state index contributed by atoms with van der Waals surface area (Å²) >= 11 is 0. The van der Waals surface area contributed by atoms with Crippen molar-refractivity contribution in [2.75, 3.05) is 0 Å². The van der Waals surface area contributed by atoms with E-state index >= 15 is 0 Å². The third kappa shape index (κ3) is 2.75. The number of Topliss-reactive ketones (excluding diaryl/α,β-unsaturated/α-hetero) is 1. The Hall–Kier alpha value is -3.22. The van der Waals surface area contributed by atoms with Gasteiger partial charge in [0.2, 0.25) is 0 Å². The van der Waals surface area contributed by atoms with Gasteiger partial charge in [0.1, 0.15) is 6.10 Å². The van der Waals surface area contributed by atoms with Crippen molar-refractivity contribution in [1.29, 1.82) is 0 Å². The van der Waals surface area contributed by atoms with E-state index in [0.29, 0.717) is 11.1 Å². The van der Waals surface area contributed by atoms with Gasteiger partial charge in [0.05, 0.1) is 23.3 Å². The molecule has 2 N–H and O–H groups in total. The molecule has 0 bridgehead atoms. The molecule has 1 heterocycles. The molecule has 2 aliphatic rings. The van der Waals surface area contributed by atoms with Gasteiger partial charge in [-0.05, 0) is 35.4 Å². The number of hydrogen-bond donors (Lipinski definition) is 2. The van der Waals surface area contributed by atoms with Crippen molar-refractivity contribution < 1.29 is 32.9 Å². The van der Waals surface area contributed by atoms with E-state index in [9.17, 15) is 28.2 Å². The quantitative estimate of drug-likeness (QED) is 0.733. The molecular weight excluding hydrogens is 361 g/mol. The number of carbonyl (C=O) groups is 1. The average molecular weight is 374 g/mol. The topological polar surface area (TPSA) is 66.8 Å². The number of allylic oxidation sites excluding steroid dienone is 1. The van der Waals surface area contributed by atoms with Crippen LogP contribution in [-0.2, 0) is 15.7 Å². The molecule has 0 saturated heterocycles. The number of phenolic OH excluding ortho intramolecular Hbond substituents is 2. The maximum Gasteiger partial charge on any atom is 0.417 e. The van der Waals surface area contributed by atoms with Crippen molar-refractivity contribution in [2.24, 2.45) is 0 Å². The fourth-order valence-corrected chi connectivity index (χ4v) is 3.46. The molecule has 2 aromatic carbocycles. The SMILES string of the molecule is O=C1C(c2ccccc2C(F)(F)F)=COC2C=Cc3cc(O)c(O)cc3C12. The summed E-state index contributed by atoms with van der Waals surface area (Å²) in [6.45, 7) is 0. The lowest BCUT2D eigenvalue weighted by molar-refractivity contribution is -0.137. The summed E-state index contributed by atoms with van der Waals surface area (Å²) in [5, 5.41) is 19.5. The molecule has 1 aliphatic carbocycles. The highest BCUT2D eigenvalue weighted by atomic mass is 19.4. The van der Waals surface area contributed by atoms with Crippen LogP contribution >= 0.6 is 0 Å². The molecule has 0 aromatic heterocycles. The lowest BCUT2D eigenvalue weighted by atomic mass is 9.77. The van der Waals surface area contributed by atoms with Gasteiger partial charge >= 0.3 is 6.18 Å². The van der Waals surface area contributed by atoms with Crippen molar-refractivity contribution in [3.05, 3.63) is 71.0 Å². The van der Waals surface area contributed by atoms with E-state index in [1.54, 1.807) is 12.2 Å². The van der Waals surface area contributed by atoms with Crippen LogP contribution in [0.2, 0.25) is 0 Å². The Kier molecular flexibility index (Phi) is 3.76. The van der Waals surface area contributed by atoms with Crippen molar-refractivity contribution in [2.45, 2.75) is 18.2 Å². The lowest BCUT2D eigenvalue weighted by Crippen LogP contribution is -2.33. The normalized spacial score (nSPS) is 21.1. The number of alkyl halides is 3. The first-order valence-electron chi connectivity index (χ1n) is 8.08. The lowest BCUT2D eigenvalue weighted by Gasteiger charge is -2.33. The molecule has 7 heteroatoms. The molecular formula is C20H13F3O4. The molecule has 0 spiro atoms. The van der Waals surface area contributed by atoms with E-state index < -0.39 is 35.3 Å². The summed E-state index contributed by atoms with van der Waals surface area (Å²) in [4.78, 5) is 13.1. The van der Waals surface area contributed by atoms with Crippen LogP contribution in [0.1, 0.15) is 28.2 Å². The van der Waals surface area contributed by atoms with Crippen LogP contribution in [0.5, 0.6) is 11.5 Å². The Morgan fingerprint density at radius 1 is 1.04 bits per heavy atom. The van der Waals surface area contributed by atoms with Crippen LogP contribution in [-0.4, -0.2) is 22.1 Å². The Bertz CT molecular complexity index is 1000. The minimum Gasteiger partial charge on any atom is -0.504 e. The zero-order chi connectivity index (χ0) is 19.3. The largest absolute Gasteiger partial charge is 0.504 e. The number of phenols is 2. The van der Waals surface area contributed by atoms with Crippen molar-refractivity contribution in [1.82, 2.24) is 0 Å². The molecule has 138 valence electrons. The van der Waals surface area contributed by atoms with E-state index in [1.807, 2.05) is 0 Å². The van der Waals surface area contributed by atoms with Crippen LogP contribution in [0.3, 0.4) is 0 Å². The van der Waals surface area contributed by atoms with Gasteiger partial charge in [-0.3, -0.25) is 4.79 Å². The summed E-state index contributed by atoms with van der Waals surface area (Å²) < 4.78 is 45.6. The minimum atomic E-state index is -4.62. The Morgan fingerprint density at radius 2 is 1.74 bits per heavy atom. The maximum absolute atomic E-state index is 13.3. The van der Waals surface area contributed by atoms with Gasteiger partial charge in [0.15, 0.2) is 17.3 Å². The highest BCUT2D eigenvalue weighted by Gasteiger charge is 2.42. The zero-order valence-corrected chi connectivity index (χ0v) is 13.7. The zero-order valence-electron chi connectivity index (χ0n) is 13.7. The number of hydrogen-bond acceptors (Lipinski definition) is 4. The van der Waals surface area contributed by atoms with Gasteiger partial charge in [-0.25, -0.2) is 0 Å². The van der Waals surface area contributed by atoms with Gasteiger partial charge in [-0.1, -0.05) is 24.3 Å². The summed E-state index contributed by atoms with van der Waals surface area (Å²) in [5.74, 6) is -2.22. The summed E-state index contributed by atoms with van der Waals surface area (Å²) in [5.41, 5.74) is -0.482. The first kappa shape index (κ1) is 17.2. The number of ketones is 1. The van der Waals surface area contributed by atoms with Gasteiger partial charge in [0, 0.05) is 5.56 Å². The fourth-order valence-electron chi connectivity index (χ4n) is 3.46. The average Bonchev–Trinajstić information content (AvgIpc) is 2.62. The summed E-state index contributed by atoms with van der Waals surface area (Å²) in [6.07, 6.45) is -1.03. The monoisotopic (exact) mass is 374 g/mol. The number of benzene rings is 2. The molecule has 27 heavy (non-hydrogen) atoms. The Morgan fingerprint density at radius 3 is 2.48 bits per heavy atom. The third-order valence-electron chi connectivity index (χ3n) is 4.72. The number of carbonyl (C=O) groups excluding carboxylic acids is 1. The number of aromatic hydroxyl groups is 2. The molecule has 0 fully saturated rings. The highest BCUT2D eigenvalue weighted by Crippen LogP contribution is 2.44. The predicted molar refractivity (Wildman–Crippen MR) is 90.8 cm³/mol. The maximum atomic E-state index is 13.3. The first-order chi connectivity index (χ1) is 12.8. The predicted octanol–water partition coefficient (Wildman–Crippen LogP) is 4.24. The van der Waals surface area contributed by atoms with Crippen molar-refractivity contribution >= 4 is 17.4 Å². The van der Waals surface area contributed by atoms with Crippen molar-refractivity contribution in [3.8, 4) is 11.5 Å². The standard InChI is InChI=1S/C20H13F3O4/c21-20(22,23)14-4-2-1-3-11(14)13-9-27-17-6-5-10-7-15(24)16(25)8-12(10)18(17)19(13)26/h1-9,17-18,24-25H. The fraction of sp³-hybridized carbons (Fsp3) is 0.150. The number of rotatable bonds is 1. The smallest absolute Gasteiger partial charge is 0.417 e. The van der Waals surface area contributed by atoms with E-state index in [-0.39, 0.29) is 16.9 Å². The minimum absolute atomic E-state index is 0.182. The van der Waals surface area contributed by atoms with Gasteiger partial charge < -0.3 is 14.9 Å². The van der Waals surface area contributed by atoms with Gasteiger partial charge in [0.25, 0.3) is 0 Å². The second kappa shape index (κ2) is 5.90. The van der Waals surface area contributed by atoms with Crippen LogP contribution in [0.25, 0.3) is 11.6 Å². The number of ether oxygens (including phenoxy) is 1. The molecule has 1 aliphatic heterocycles. The Balaban J connectivity index is 1.83. The summed E-state index contributed by atoms with van der Waals surface area (Å²) in [7, 11) is 0. The first-order valence-corrected chi connectivity index (χ1v) is 8.08. The second-order valence-electron chi connectivity index (χ2n) is 6.35. The van der Waals surface area contributed by atoms with Crippen molar-refractivity contribution in [3.63, 3.8) is 0 Å². The van der Waals surface area contributed by atoms with Gasteiger partial charge in [-0.2, -0.15) is 13.2 Å². The van der Waals surface area contributed by atoms with E-state index in [2.05, 4.69) is 0 Å². The highest BCUT2D eigenvalue weighted by molar-refractivity contribution is 6.24. The van der Waals surface area contributed by atoms with Crippen LogP contribution in [0, 0.1) is 0 Å². The van der Waals surface area contributed by atoms with Crippen LogP contribution in [0.15, 0.2) is 48.7 Å². The molecule has 2 aromatic rings. The molecule has 0 amide bonds. The molecule has 2 atom stereocenters. The molecule has 0 saturated carbocycles. The number of fused-ring (bicyclic) bond motifs is 3. The molecule has 4 rings (SSSR count). The summed E-state index contributed by atoms with van der Waals surface area (Å²) in [6, 6.07) is 7.35.